The lowest BCUT2D eigenvalue weighted by molar-refractivity contribution is -0.147. The Bertz CT molecular complexity index is 1480. The Morgan fingerprint density at radius 1 is 1.02 bits per heavy atom. The van der Waals surface area contributed by atoms with Crippen molar-refractivity contribution < 1.29 is 47.3 Å². The summed E-state index contributed by atoms with van der Waals surface area (Å²) in [6.07, 6.45) is 5.43. The van der Waals surface area contributed by atoms with E-state index in [0.717, 1.165) is 31.4 Å². The molecule has 1 saturated carbocycles. The second-order valence-electron chi connectivity index (χ2n) is 12.9. The average Bonchev–Trinajstić information content (AvgIpc) is 3.61. The maximum Gasteiger partial charge on any atom is 0.416 e. The third-order valence-electron chi connectivity index (χ3n) is 8.62. The molecule has 1 amide bonds. The fourth-order valence-corrected chi connectivity index (χ4v) is 5.93. The molecule has 5 atom stereocenters. The van der Waals surface area contributed by atoms with E-state index in [2.05, 4.69) is 28.7 Å². The molecule has 0 unspecified atom stereocenters. The second-order valence-corrected chi connectivity index (χ2v) is 12.9. The first-order chi connectivity index (χ1) is 23.7. The van der Waals surface area contributed by atoms with Gasteiger partial charge in [0.25, 0.3) is 5.91 Å². The van der Waals surface area contributed by atoms with E-state index in [1.807, 2.05) is 38.1 Å². The number of unbranched alkanes of at least 4 members (excludes halogenated alkanes) is 1. The van der Waals surface area contributed by atoms with Crippen LogP contribution in [0.5, 0.6) is 0 Å². The number of carbonyl (C=O) groups excluding carboxylic acids is 2. The first kappa shape index (κ1) is 40.4. The summed E-state index contributed by atoms with van der Waals surface area (Å²) >= 11 is 0. The van der Waals surface area contributed by atoms with Crippen molar-refractivity contribution in [2.24, 2.45) is 11.8 Å². The summed E-state index contributed by atoms with van der Waals surface area (Å²) in [4.78, 5) is 23.3. The molecule has 0 radical (unpaired) electrons. The molecule has 2 aromatic carbocycles. The first-order valence-corrected chi connectivity index (χ1v) is 17.1. The molecule has 9 nitrogen and oxygen atoms in total. The Hall–Kier alpha value is -4.00. The molecular formula is C38H49F3N2O7. The SMILES string of the molecule is CC(C)OC(=O)CCC/C=C\C[C@@H]1[C@@H](CC[C@@H](O)CCc2ccccc2)[C@H](O)C[C@@H]1O.Cc1oncc1C(=O)Nc1ccc(C(F)(F)F)cc1. The van der Waals surface area contributed by atoms with Gasteiger partial charge >= 0.3 is 12.1 Å². The molecule has 274 valence electrons. The minimum atomic E-state index is -4.40. The molecule has 0 spiro atoms. The number of hydrogen-bond donors (Lipinski definition) is 4. The topological polar surface area (TPSA) is 142 Å². The van der Waals surface area contributed by atoms with E-state index >= 15 is 0 Å². The van der Waals surface area contributed by atoms with Gasteiger partial charge in [0.05, 0.1) is 36.2 Å². The van der Waals surface area contributed by atoms with Gasteiger partial charge in [0.1, 0.15) is 11.3 Å². The number of rotatable bonds is 15. The van der Waals surface area contributed by atoms with Gasteiger partial charge in [-0.15, -0.1) is 0 Å². The van der Waals surface area contributed by atoms with Crippen LogP contribution in [0.4, 0.5) is 18.9 Å². The van der Waals surface area contributed by atoms with Crippen LogP contribution >= 0.6 is 0 Å². The molecule has 50 heavy (non-hydrogen) atoms. The predicted octanol–water partition coefficient (Wildman–Crippen LogP) is 7.44. The highest BCUT2D eigenvalue weighted by Gasteiger charge is 2.40. The highest BCUT2D eigenvalue weighted by atomic mass is 19.4. The zero-order valence-corrected chi connectivity index (χ0v) is 28.8. The first-order valence-electron chi connectivity index (χ1n) is 17.1. The van der Waals surface area contributed by atoms with E-state index in [9.17, 15) is 38.1 Å². The van der Waals surface area contributed by atoms with Crippen LogP contribution in [-0.4, -0.2) is 56.8 Å². The number of halogens is 3. The molecule has 1 aliphatic rings. The number of benzene rings is 2. The zero-order chi connectivity index (χ0) is 36.7. The van der Waals surface area contributed by atoms with E-state index in [1.54, 1.807) is 6.92 Å². The number of aromatic nitrogens is 1. The number of nitrogens with one attached hydrogen (secondary N) is 1. The lowest BCUT2D eigenvalue weighted by Crippen LogP contribution is -2.23. The quantitative estimate of drug-likeness (QED) is 0.0728. The van der Waals surface area contributed by atoms with Crippen LogP contribution in [0, 0.1) is 18.8 Å². The van der Waals surface area contributed by atoms with Crippen molar-refractivity contribution in [3.05, 3.63) is 95.4 Å². The van der Waals surface area contributed by atoms with E-state index < -0.39 is 36.0 Å². The number of ether oxygens (including phenoxy) is 1. The number of amides is 1. The number of allylic oxidation sites excluding steroid dienone is 2. The van der Waals surface area contributed by atoms with E-state index in [0.29, 0.717) is 44.3 Å². The van der Waals surface area contributed by atoms with Crippen LogP contribution in [0.1, 0.15) is 92.5 Å². The van der Waals surface area contributed by atoms with Gasteiger partial charge in [-0.05, 0) is 114 Å². The normalized spacial score (nSPS) is 19.6. The number of hydrogen-bond acceptors (Lipinski definition) is 8. The van der Waals surface area contributed by atoms with Crippen molar-refractivity contribution in [3.8, 4) is 0 Å². The predicted molar refractivity (Wildman–Crippen MR) is 183 cm³/mol. The van der Waals surface area contributed by atoms with Crippen molar-refractivity contribution in [1.82, 2.24) is 5.16 Å². The van der Waals surface area contributed by atoms with Crippen LogP contribution in [0.25, 0.3) is 0 Å². The molecule has 1 aromatic heterocycles. The number of aliphatic hydroxyl groups is 3. The van der Waals surface area contributed by atoms with Gasteiger partial charge in [-0.1, -0.05) is 47.6 Å². The number of nitrogens with zero attached hydrogens (tertiary/aromatic N) is 1. The molecule has 3 aromatic rings. The third kappa shape index (κ3) is 13.7. The van der Waals surface area contributed by atoms with Crippen molar-refractivity contribution >= 4 is 17.6 Å². The lowest BCUT2D eigenvalue weighted by Gasteiger charge is -2.23. The summed E-state index contributed by atoms with van der Waals surface area (Å²) in [6.45, 7) is 5.25. The average molecular weight is 703 g/mol. The summed E-state index contributed by atoms with van der Waals surface area (Å²) in [5.41, 5.74) is 0.948. The number of alkyl halides is 3. The highest BCUT2D eigenvalue weighted by Crippen LogP contribution is 2.38. The van der Waals surface area contributed by atoms with Crippen molar-refractivity contribution in [1.29, 1.82) is 0 Å². The molecule has 12 heteroatoms. The standard InChI is InChI=1S/C26H40O5.C12H9F3N2O2/c1-19(2)31-26(30)13-9-4-3-8-12-22-23(25(29)18-24(22)28)17-16-21(27)15-14-20-10-6-5-7-11-20;1-7-10(6-16-19-7)11(18)17-9-4-2-8(3-5-9)12(13,14)15/h3,5-8,10-11,19,21-25,27-29H,4,9,12-18H2,1-2H3;2-6H,1H3,(H,17,18)/b8-3-;/t21-,22+,23+,24-,25+;/m0./s1. The number of anilines is 1. The van der Waals surface area contributed by atoms with Crippen LogP contribution in [0.2, 0.25) is 0 Å². The zero-order valence-electron chi connectivity index (χ0n) is 28.8. The smallest absolute Gasteiger partial charge is 0.416 e. The van der Waals surface area contributed by atoms with Crippen LogP contribution in [0.15, 0.2) is 77.5 Å². The third-order valence-corrected chi connectivity index (χ3v) is 8.62. The largest absolute Gasteiger partial charge is 0.463 e. The van der Waals surface area contributed by atoms with Crippen LogP contribution < -0.4 is 5.32 Å². The maximum absolute atomic E-state index is 12.4. The van der Waals surface area contributed by atoms with Gasteiger partial charge < -0.3 is 29.9 Å². The van der Waals surface area contributed by atoms with Crippen molar-refractivity contribution in [2.75, 3.05) is 5.32 Å². The molecule has 1 fully saturated rings. The summed E-state index contributed by atoms with van der Waals surface area (Å²) in [5, 5.41) is 37.1. The van der Waals surface area contributed by atoms with Crippen molar-refractivity contribution in [2.45, 2.75) is 109 Å². The Kier molecular flexibility index (Phi) is 16.2. The minimum absolute atomic E-state index is 0.00652. The Morgan fingerprint density at radius 2 is 1.70 bits per heavy atom. The van der Waals surface area contributed by atoms with Gasteiger partial charge in [0, 0.05) is 12.1 Å². The Balaban J connectivity index is 0.000000303. The van der Waals surface area contributed by atoms with Gasteiger partial charge in [0.2, 0.25) is 0 Å². The molecule has 4 rings (SSSR count). The monoisotopic (exact) mass is 702 g/mol. The van der Waals surface area contributed by atoms with E-state index in [1.165, 1.54) is 23.9 Å². The van der Waals surface area contributed by atoms with Gasteiger partial charge in [-0.2, -0.15) is 13.2 Å². The summed E-state index contributed by atoms with van der Waals surface area (Å²) < 4.78 is 46.9. The number of carbonyl (C=O) groups is 2. The van der Waals surface area contributed by atoms with Gasteiger partial charge in [-0.3, -0.25) is 9.59 Å². The second kappa shape index (κ2) is 20.0. The van der Waals surface area contributed by atoms with Crippen molar-refractivity contribution in [3.63, 3.8) is 0 Å². The Labute approximate surface area is 291 Å². The molecule has 1 aliphatic carbocycles. The van der Waals surface area contributed by atoms with E-state index in [-0.39, 0.29) is 35.2 Å². The highest BCUT2D eigenvalue weighted by molar-refractivity contribution is 6.04. The fourth-order valence-electron chi connectivity index (χ4n) is 5.93. The lowest BCUT2D eigenvalue weighted by atomic mass is 9.85. The molecular weight excluding hydrogens is 653 g/mol. The maximum atomic E-state index is 12.4. The molecule has 0 saturated heterocycles. The van der Waals surface area contributed by atoms with Gasteiger partial charge in [-0.25, -0.2) is 0 Å². The van der Waals surface area contributed by atoms with E-state index in [4.69, 9.17) is 9.26 Å². The van der Waals surface area contributed by atoms with Gasteiger partial charge in [0.15, 0.2) is 0 Å². The molecule has 0 bridgehead atoms. The minimum Gasteiger partial charge on any atom is -0.463 e. The number of esters is 1. The molecule has 1 heterocycles. The number of aliphatic hydroxyl groups excluding tert-OH is 3. The Morgan fingerprint density at radius 3 is 2.32 bits per heavy atom. The van der Waals surface area contributed by atoms with Crippen LogP contribution in [0.3, 0.4) is 0 Å². The molecule has 4 N–H and O–H groups in total. The number of aryl methyl sites for hydroxylation is 2. The summed E-state index contributed by atoms with van der Waals surface area (Å²) in [5.74, 6) is -0.294. The summed E-state index contributed by atoms with van der Waals surface area (Å²) in [7, 11) is 0. The summed E-state index contributed by atoms with van der Waals surface area (Å²) in [6, 6.07) is 14.3. The van der Waals surface area contributed by atoms with Crippen LogP contribution in [-0.2, 0) is 22.1 Å². The molecule has 0 aliphatic heterocycles. The fraction of sp³-hybridized carbons (Fsp3) is 0.500.